The molecular weight excluding hydrogens is 566 g/mol. The Kier molecular flexibility index (Phi) is 7.52. The van der Waals surface area contributed by atoms with Gasteiger partial charge in [-0.1, -0.05) is 23.7 Å². The molecular formula is C29H30ClN5O3S2. The van der Waals surface area contributed by atoms with Crippen molar-refractivity contribution in [2.75, 3.05) is 23.0 Å². The van der Waals surface area contributed by atoms with Crippen molar-refractivity contribution in [1.82, 2.24) is 14.9 Å². The second-order valence-electron chi connectivity index (χ2n) is 9.78. The third-order valence-corrected chi connectivity index (χ3v) is 8.37. The van der Waals surface area contributed by atoms with Crippen molar-refractivity contribution < 1.29 is 13.2 Å². The fraction of sp³-hybridized carbons (Fsp3) is 0.241. The molecule has 1 fully saturated rings. The van der Waals surface area contributed by atoms with Gasteiger partial charge in [-0.25, -0.2) is 8.42 Å². The molecule has 0 aliphatic carbocycles. The van der Waals surface area contributed by atoms with E-state index in [2.05, 4.69) is 45.3 Å². The van der Waals surface area contributed by atoms with Crippen molar-refractivity contribution in [3.63, 3.8) is 0 Å². The van der Waals surface area contributed by atoms with Crippen LogP contribution in [0.5, 0.6) is 5.75 Å². The molecule has 0 bridgehead atoms. The normalized spacial score (nSPS) is 17.1. The first-order valence-corrected chi connectivity index (χ1v) is 15.3. The van der Waals surface area contributed by atoms with E-state index in [1.54, 1.807) is 18.3 Å². The number of ether oxygens (including phenoxy) is 1. The van der Waals surface area contributed by atoms with Crippen LogP contribution >= 0.6 is 23.8 Å². The molecule has 1 saturated heterocycles. The molecule has 0 unspecified atom stereocenters. The summed E-state index contributed by atoms with van der Waals surface area (Å²) in [6, 6.07) is 18.4. The van der Waals surface area contributed by atoms with Crippen LogP contribution in [0.1, 0.15) is 40.3 Å². The SMILES string of the molecule is COc1cc(N2C(=S)N[C@@H](c3ccccn3)[C@@H]2c2c(C)c(C)n(-c3cccc(Cl)c3)c2C)ccc1NS(C)(=O)=O. The third kappa shape index (κ3) is 5.14. The van der Waals surface area contributed by atoms with E-state index >= 15 is 0 Å². The summed E-state index contributed by atoms with van der Waals surface area (Å²) < 4.78 is 34.1. The summed E-state index contributed by atoms with van der Waals surface area (Å²) in [7, 11) is -1.99. The summed E-state index contributed by atoms with van der Waals surface area (Å²) in [5.41, 5.74) is 7.32. The van der Waals surface area contributed by atoms with Gasteiger partial charge < -0.3 is 19.5 Å². The molecule has 4 aromatic rings. The maximum absolute atomic E-state index is 11.9. The average molecular weight is 596 g/mol. The Hall–Kier alpha value is -3.60. The molecule has 5 rings (SSSR count). The highest BCUT2D eigenvalue weighted by molar-refractivity contribution is 7.92. The number of thiocarbonyl (C=S) groups is 1. The summed E-state index contributed by atoms with van der Waals surface area (Å²) in [5, 5.41) is 4.69. The van der Waals surface area contributed by atoms with Gasteiger partial charge >= 0.3 is 0 Å². The van der Waals surface area contributed by atoms with Crippen molar-refractivity contribution >= 4 is 50.3 Å². The molecule has 0 saturated carbocycles. The van der Waals surface area contributed by atoms with E-state index < -0.39 is 10.0 Å². The van der Waals surface area contributed by atoms with Gasteiger partial charge in [0.15, 0.2) is 5.11 Å². The van der Waals surface area contributed by atoms with E-state index in [-0.39, 0.29) is 12.1 Å². The predicted molar refractivity (Wildman–Crippen MR) is 164 cm³/mol. The molecule has 0 spiro atoms. The zero-order chi connectivity index (χ0) is 28.8. The number of nitrogens with one attached hydrogen (secondary N) is 2. The van der Waals surface area contributed by atoms with Gasteiger partial charge in [0.05, 0.1) is 36.8 Å². The van der Waals surface area contributed by atoms with Crippen LogP contribution < -0.4 is 19.7 Å². The van der Waals surface area contributed by atoms with Gasteiger partial charge in [-0.05, 0) is 81.0 Å². The van der Waals surface area contributed by atoms with Crippen molar-refractivity contribution in [1.29, 1.82) is 0 Å². The number of rotatable bonds is 7. The fourth-order valence-corrected chi connectivity index (χ4v) is 6.58. The van der Waals surface area contributed by atoms with Crippen molar-refractivity contribution in [2.24, 2.45) is 0 Å². The number of hydrogen-bond donors (Lipinski definition) is 2. The Labute approximate surface area is 245 Å². The Bertz CT molecular complexity index is 1710. The first kappa shape index (κ1) is 27.9. The van der Waals surface area contributed by atoms with Crippen LogP contribution in [0.2, 0.25) is 5.02 Å². The highest BCUT2D eigenvalue weighted by Gasteiger charge is 2.43. The van der Waals surface area contributed by atoms with Crippen LogP contribution in [0.4, 0.5) is 11.4 Å². The molecule has 2 N–H and O–H groups in total. The van der Waals surface area contributed by atoms with Crippen LogP contribution in [-0.2, 0) is 10.0 Å². The maximum atomic E-state index is 11.9. The van der Waals surface area contributed by atoms with Crippen molar-refractivity contribution in [3.8, 4) is 11.4 Å². The van der Waals surface area contributed by atoms with Gasteiger partial charge in [-0.3, -0.25) is 9.71 Å². The van der Waals surface area contributed by atoms with Gasteiger partial charge in [0.25, 0.3) is 0 Å². The molecule has 40 heavy (non-hydrogen) atoms. The molecule has 2 aromatic heterocycles. The molecule has 0 amide bonds. The predicted octanol–water partition coefficient (Wildman–Crippen LogP) is 6.01. The molecule has 11 heteroatoms. The van der Waals surface area contributed by atoms with Gasteiger partial charge in [-0.15, -0.1) is 0 Å². The summed E-state index contributed by atoms with van der Waals surface area (Å²) >= 11 is 12.3. The number of aromatic nitrogens is 2. The monoisotopic (exact) mass is 595 g/mol. The largest absolute Gasteiger partial charge is 0.494 e. The average Bonchev–Trinajstić information content (AvgIpc) is 3.35. The first-order chi connectivity index (χ1) is 19.0. The standard InChI is InChI=1S/C29H30ClN5O3S2/c1-17-18(2)34(21-10-8-9-20(30)15-21)19(3)26(17)28-27(24-11-6-7-14-31-24)32-29(39)35(28)22-12-13-23(25(16-22)38-4)33-40(5,36)37/h6-16,27-28,33H,1-5H3,(H,32,39)/t27-,28-/m0/s1. The number of methoxy groups -OCH3 is 1. The van der Waals surface area contributed by atoms with Crippen LogP contribution in [0.3, 0.4) is 0 Å². The van der Waals surface area contributed by atoms with Crippen LogP contribution in [0.15, 0.2) is 66.9 Å². The first-order valence-electron chi connectivity index (χ1n) is 12.6. The molecule has 2 aromatic carbocycles. The number of pyridine rings is 1. The topological polar surface area (TPSA) is 88.5 Å². The third-order valence-electron chi connectivity index (χ3n) is 7.23. The number of benzene rings is 2. The van der Waals surface area contributed by atoms with Crippen LogP contribution in [0, 0.1) is 20.8 Å². The van der Waals surface area contributed by atoms with Crippen molar-refractivity contribution in [3.05, 3.63) is 100 Å². The molecule has 0 radical (unpaired) electrons. The smallest absolute Gasteiger partial charge is 0.229 e. The van der Waals surface area contributed by atoms with Gasteiger partial charge in [0, 0.05) is 45.6 Å². The molecule has 2 atom stereocenters. The lowest BCUT2D eigenvalue weighted by Crippen LogP contribution is -2.30. The number of nitrogens with zero attached hydrogens (tertiary/aromatic N) is 3. The summed E-state index contributed by atoms with van der Waals surface area (Å²) in [6.07, 6.45) is 2.88. The van der Waals surface area contributed by atoms with Gasteiger partial charge in [0.2, 0.25) is 10.0 Å². The van der Waals surface area contributed by atoms with Crippen LogP contribution in [0.25, 0.3) is 5.69 Å². The lowest BCUT2D eigenvalue weighted by Gasteiger charge is -2.29. The van der Waals surface area contributed by atoms with E-state index in [0.717, 1.165) is 45.8 Å². The molecule has 3 heterocycles. The summed E-state index contributed by atoms with van der Waals surface area (Å²) in [6.45, 7) is 6.32. The summed E-state index contributed by atoms with van der Waals surface area (Å²) in [5.74, 6) is 0.381. The number of hydrogen-bond acceptors (Lipinski definition) is 5. The Balaban J connectivity index is 1.71. The number of halogens is 1. The minimum atomic E-state index is -3.50. The van der Waals surface area contributed by atoms with Crippen molar-refractivity contribution in [2.45, 2.75) is 32.9 Å². The summed E-state index contributed by atoms with van der Waals surface area (Å²) in [4.78, 5) is 6.73. The minimum Gasteiger partial charge on any atom is -0.494 e. The molecule has 208 valence electrons. The second-order valence-corrected chi connectivity index (χ2v) is 12.4. The van der Waals surface area contributed by atoms with Crippen LogP contribution in [-0.4, -0.2) is 36.4 Å². The number of sulfonamides is 1. The lowest BCUT2D eigenvalue weighted by atomic mass is 9.93. The highest BCUT2D eigenvalue weighted by atomic mass is 35.5. The second kappa shape index (κ2) is 10.8. The zero-order valence-electron chi connectivity index (χ0n) is 22.8. The van der Waals surface area contributed by atoms with E-state index in [4.69, 9.17) is 28.6 Å². The molecule has 8 nitrogen and oxygen atoms in total. The Morgan fingerprint density at radius 2 is 1.80 bits per heavy atom. The maximum Gasteiger partial charge on any atom is 0.229 e. The quantitative estimate of drug-likeness (QED) is 0.253. The Morgan fingerprint density at radius 3 is 2.45 bits per heavy atom. The minimum absolute atomic E-state index is 0.250. The lowest BCUT2D eigenvalue weighted by molar-refractivity contribution is 0.417. The number of anilines is 2. The molecule has 1 aliphatic heterocycles. The zero-order valence-corrected chi connectivity index (χ0v) is 25.2. The highest BCUT2D eigenvalue weighted by Crippen LogP contribution is 2.46. The Morgan fingerprint density at radius 1 is 1.02 bits per heavy atom. The van der Waals surface area contributed by atoms with E-state index in [1.165, 1.54) is 7.11 Å². The van der Waals surface area contributed by atoms with E-state index in [9.17, 15) is 8.42 Å². The fourth-order valence-electron chi connectivity index (χ4n) is 5.48. The van der Waals surface area contributed by atoms with E-state index in [0.29, 0.717) is 21.6 Å². The molecule has 1 aliphatic rings. The van der Waals surface area contributed by atoms with Gasteiger partial charge in [0.1, 0.15) is 5.75 Å². The van der Waals surface area contributed by atoms with Gasteiger partial charge in [-0.2, -0.15) is 0 Å². The van der Waals surface area contributed by atoms with E-state index in [1.807, 2.05) is 48.5 Å².